The topological polar surface area (TPSA) is 99.8 Å². The number of aryl methyl sites for hydroxylation is 1. The number of hydrogen-bond acceptors (Lipinski definition) is 6. The van der Waals surface area contributed by atoms with Gasteiger partial charge in [-0.05, 0) is 18.1 Å². The zero-order valence-corrected chi connectivity index (χ0v) is 21.1. The van der Waals surface area contributed by atoms with Crippen molar-refractivity contribution in [1.29, 1.82) is 0 Å². The zero-order chi connectivity index (χ0) is 25.6. The molecule has 2 N–H and O–H groups in total. The highest BCUT2D eigenvalue weighted by molar-refractivity contribution is 5.76. The number of ether oxygens (including phenoxy) is 2. The molecule has 2 aromatic carbocycles. The Morgan fingerprint density at radius 2 is 1.84 bits per heavy atom. The Balaban J connectivity index is 1.31. The van der Waals surface area contributed by atoms with E-state index in [1.165, 1.54) is 5.56 Å². The summed E-state index contributed by atoms with van der Waals surface area (Å²) in [5.74, 6) is 0.703. The van der Waals surface area contributed by atoms with Gasteiger partial charge in [-0.2, -0.15) is 0 Å². The molecule has 2 saturated heterocycles. The number of piperazine rings is 1. The summed E-state index contributed by atoms with van der Waals surface area (Å²) in [5, 5.41) is 3.26. The molecule has 5 rings (SSSR count). The summed E-state index contributed by atoms with van der Waals surface area (Å²) < 4.78 is 11.7. The van der Waals surface area contributed by atoms with Crippen LogP contribution in [0.2, 0.25) is 0 Å². The van der Waals surface area contributed by atoms with Crippen LogP contribution in [0.25, 0.3) is 11.3 Å². The lowest BCUT2D eigenvalue weighted by atomic mass is 10.1. The van der Waals surface area contributed by atoms with Gasteiger partial charge >= 0.3 is 6.09 Å². The fourth-order valence-electron chi connectivity index (χ4n) is 4.74. The minimum absolute atomic E-state index is 0.0748. The molecule has 1 aromatic heterocycles. The first-order valence-electron chi connectivity index (χ1n) is 12.8. The highest BCUT2D eigenvalue weighted by Gasteiger charge is 2.41. The molecule has 9 nitrogen and oxygen atoms in total. The Hall–Kier alpha value is -3.69. The molecule has 2 atom stereocenters. The summed E-state index contributed by atoms with van der Waals surface area (Å²) in [6.07, 6.45) is 1.40. The van der Waals surface area contributed by atoms with Crippen LogP contribution in [0.1, 0.15) is 35.8 Å². The summed E-state index contributed by atoms with van der Waals surface area (Å²) in [5.41, 5.74) is 3.96. The van der Waals surface area contributed by atoms with Gasteiger partial charge in [0.25, 0.3) is 0 Å². The summed E-state index contributed by atoms with van der Waals surface area (Å²) in [7, 11) is 0. The number of carbonyl (C=O) groups excluding carboxylic acids is 2. The fraction of sp³-hybridized carbons (Fsp3) is 0.393. The number of aromatic amines is 1. The molecule has 0 saturated carbocycles. The van der Waals surface area contributed by atoms with Gasteiger partial charge < -0.3 is 24.7 Å². The van der Waals surface area contributed by atoms with E-state index in [9.17, 15) is 9.59 Å². The molecule has 194 valence electrons. The van der Waals surface area contributed by atoms with Crippen LogP contribution in [0.4, 0.5) is 4.79 Å². The van der Waals surface area contributed by atoms with Crippen LogP contribution in [0.5, 0.6) is 0 Å². The van der Waals surface area contributed by atoms with Gasteiger partial charge in [0.1, 0.15) is 24.7 Å². The molecule has 2 aliphatic heterocycles. The van der Waals surface area contributed by atoms with E-state index in [0.717, 1.165) is 29.9 Å². The normalized spacial score (nSPS) is 19.7. The monoisotopic (exact) mass is 503 g/mol. The van der Waals surface area contributed by atoms with Gasteiger partial charge in [-0.1, -0.05) is 60.2 Å². The van der Waals surface area contributed by atoms with Gasteiger partial charge in [0.2, 0.25) is 5.91 Å². The van der Waals surface area contributed by atoms with Crippen molar-refractivity contribution in [2.45, 2.75) is 38.6 Å². The summed E-state index contributed by atoms with van der Waals surface area (Å²) in [6, 6.07) is 17.3. The molecule has 0 spiro atoms. The Bertz CT molecular complexity index is 1190. The molecular formula is C28H33N5O4. The highest BCUT2D eigenvalue weighted by Crippen LogP contribution is 2.33. The van der Waals surface area contributed by atoms with Crippen LogP contribution >= 0.6 is 0 Å². The predicted molar refractivity (Wildman–Crippen MR) is 138 cm³/mol. The van der Waals surface area contributed by atoms with Crippen LogP contribution in [0.15, 0.2) is 60.8 Å². The Labute approximate surface area is 216 Å². The zero-order valence-electron chi connectivity index (χ0n) is 21.1. The lowest BCUT2D eigenvalue weighted by Gasteiger charge is -2.29. The number of imidazole rings is 1. The van der Waals surface area contributed by atoms with Crippen LogP contribution in [-0.2, 0) is 20.9 Å². The summed E-state index contributed by atoms with van der Waals surface area (Å²) >= 11 is 0. The molecule has 3 aromatic rings. The maximum Gasteiger partial charge on any atom is 0.412 e. The van der Waals surface area contributed by atoms with Gasteiger partial charge in [-0.3, -0.25) is 9.69 Å². The second-order valence-electron chi connectivity index (χ2n) is 9.47. The van der Waals surface area contributed by atoms with Gasteiger partial charge in [-0.15, -0.1) is 0 Å². The third-order valence-corrected chi connectivity index (χ3v) is 6.86. The Kier molecular flexibility index (Phi) is 7.82. The molecule has 2 aliphatic rings. The number of carbonyl (C=O) groups is 2. The molecule has 0 bridgehead atoms. The molecule has 2 fully saturated rings. The largest absolute Gasteiger partial charge is 0.444 e. The molecular weight excluding hydrogens is 470 g/mol. The average molecular weight is 504 g/mol. The first kappa shape index (κ1) is 25.0. The number of aromatic nitrogens is 2. The van der Waals surface area contributed by atoms with Crippen molar-refractivity contribution in [2.24, 2.45) is 0 Å². The Morgan fingerprint density at radius 1 is 1.08 bits per heavy atom. The minimum atomic E-state index is -0.576. The SMILES string of the molecule is Cc1ccc(-c2cnc([C@@H]3COC(CCC(=O)N4CCNCC4)N3C(=O)OCc3ccccc3)[nH]2)cc1. The van der Waals surface area contributed by atoms with E-state index in [4.69, 9.17) is 9.47 Å². The van der Waals surface area contributed by atoms with Crippen LogP contribution in [0, 0.1) is 6.92 Å². The van der Waals surface area contributed by atoms with Crippen molar-refractivity contribution in [3.05, 3.63) is 77.7 Å². The third-order valence-electron chi connectivity index (χ3n) is 6.86. The van der Waals surface area contributed by atoms with Crippen LogP contribution < -0.4 is 5.32 Å². The van der Waals surface area contributed by atoms with E-state index in [-0.39, 0.29) is 19.1 Å². The average Bonchev–Trinajstić information content (AvgIpc) is 3.59. The molecule has 9 heteroatoms. The van der Waals surface area contributed by atoms with Gasteiger partial charge in [-0.25, -0.2) is 9.78 Å². The number of benzene rings is 2. The number of nitrogens with one attached hydrogen (secondary N) is 2. The summed E-state index contributed by atoms with van der Waals surface area (Å²) in [6.45, 7) is 5.47. The van der Waals surface area contributed by atoms with E-state index >= 15 is 0 Å². The van der Waals surface area contributed by atoms with Gasteiger partial charge in [0.05, 0.1) is 18.5 Å². The van der Waals surface area contributed by atoms with E-state index in [2.05, 4.69) is 15.3 Å². The second kappa shape index (κ2) is 11.6. The number of nitrogens with zero attached hydrogens (tertiary/aromatic N) is 3. The first-order chi connectivity index (χ1) is 18.1. The molecule has 37 heavy (non-hydrogen) atoms. The van der Waals surface area contributed by atoms with Crippen LogP contribution in [-0.4, -0.2) is 70.8 Å². The van der Waals surface area contributed by atoms with Crippen LogP contribution in [0.3, 0.4) is 0 Å². The molecule has 2 amide bonds. The first-order valence-corrected chi connectivity index (χ1v) is 12.8. The molecule has 0 radical (unpaired) electrons. The minimum Gasteiger partial charge on any atom is -0.444 e. The molecule has 0 aliphatic carbocycles. The number of rotatable bonds is 7. The molecule has 1 unspecified atom stereocenters. The van der Waals surface area contributed by atoms with Gasteiger partial charge in [0.15, 0.2) is 0 Å². The van der Waals surface area contributed by atoms with Crippen molar-refractivity contribution < 1.29 is 19.1 Å². The predicted octanol–water partition coefficient (Wildman–Crippen LogP) is 3.63. The quantitative estimate of drug-likeness (QED) is 0.511. The fourth-order valence-corrected chi connectivity index (χ4v) is 4.74. The maximum absolute atomic E-state index is 13.4. The van der Waals surface area contributed by atoms with E-state index < -0.39 is 18.4 Å². The lowest BCUT2D eigenvalue weighted by Crippen LogP contribution is -2.47. The van der Waals surface area contributed by atoms with E-state index in [0.29, 0.717) is 31.8 Å². The van der Waals surface area contributed by atoms with E-state index in [1.807, 2.05) is 66.4 Å². The van der Waals surface area contributed by atoms with Crippen molar-refractivity contribution in [3.63, 3.8) is 0 Å². The maximum atomic E-state index is 13.4. The van der Waals surface area contributed by atoms with E-state index in [1.54, 1.807) is 11.1 Å². The second-order valence-corrected chi connectivity index (χ2v) is 9.47. The number of H-pyrrole nitrogens is 1. The van der Waals surface area contributed by atoms with Gasteiger partial charge in [0, 0.05) is 39.0 Å². The third kappa shape index (κ3) is 6.00. The highest BCUT2D eigenvalue weighted by atomic mass is 16.6. The molecule has 3 heterocycles. The Morgan fingerprint density at radius 3 is 2.59 bits per heavy atom. The lowest BCUT2D eigenvalue weighted by molar-refractivity contribution is -0.132. The smallest absolute Gasteiger partial charge is 0.412 e. The van der Waals surface area contributed by atoms with Crippen molar-refractivity contribution in [1.82, 2.24) is 25.1 Å². The van der Waals surface area contributed by atoms with Crippen molar-refractivity contribution >= 4 is 12.0 Å². The standard InChI is InChI=1S/C28H33N5O4/c1-20-7-9-22(10-8-20)23-17-30-27(31-23)24-19-36-26(12-11-25(34)32-15-13-29-14-16-32)33(24)28(35)37-18-21-5-3-2-4-6-21/h2-10,17,24,26,29H,11-16,18-19H2,1H3,(H,30,31)/t24-,26?/m0/s1. The van der Waals surface area contributed by atoms with Crippen molar-refractivity contribution in [2.75, 3.05) is 32.8 Å². The number of amides is 2. The summed E-state index contributed by atoms with van der Waals surface area (Å²) in [4.78, 5) is 37.5. The number of hydrogen-bond donors (Lipinski definition) is 2. The van der Waals surface area contributed by atoms with Crippen molar-refractivity contribution in [3.8, 4) is 11.3 Å².